The van der Waals surface area contributed by atoms with Gasteiger partial charge in [0.2, 0.25) is 0 Å². The summed E-state index contributed by atoms with van der Waals surface area (Å²) in [4.78, 5) is 40.2. The number of nitrogens with zero attached hydrogens (tertiary/aromatic N) is 3. The highest BCUT2D eigenvalue weighted by Crippen LogP contribution is 2.46. The van der Waals surface area contributed by atoms with Gasteiger partial charge in [0.05, 0.1) is 10.3 Å². The van der Waals surface area contributed by atoms with E-state index in [1.165, 1.54) is 12.3 Å². The number of carbonyl (C=O) groups excluding carboxylic acids is 1. The highest BCUT2D eigenvalue weighted by Gasteiger charge is 2.51. The van der Waals surface area contributed by atoms with Crippen molar-refractivity contribution in [1.82, 2.24) is 14.9 Å². The lowest BCUT2D eigenvalue weighted by atomic mass is 9.92. The molecule has 2 aliphatic rings. The van der Waals surface area contributed by atoms with Gasteiger partial charge in [0.15, 0.2) is 5.82 Å². The van der Waals surface area contributed by atoms with E-state index in [1.54, 1.807) is 30.2 Å². The van der Waals surface area contributed by atoms with Crippen molar-refractivity contribution in [3.8, 4) is 5.88 Å². The Morgan fingerprint density at radius 3 is 2.13 bits per heavy atom. The van der Waals surface area contributed by atoms with Crippen molar-refractivity contribution in [3.05, 3.63) is 53.7 Å². The van der Waals surface area contributed by atoms with Gasteiger partial charge >= 0.3 is 24.3 Å². The van der Waals surface area contributed by atoms with Crippen LogP contribution in [0.25, 0.3) is 0 Å². The van der Waals surface area contributed by atoms with Crippen molar-refractivity contribution in [1.29, 1.82) is 0 Å². The van der Waals surface area contributed by atoms with E-state index in [0.717, 1.165) is 17.7 Å². The molecule has 2 aliphatic heterocycles. The van der Waals surface area contributed by atoms with Crippen LogP contribution in [0.3, 0.4) is 0 Å². The molecule has 2 aromatic rings. The van der Waals surface area contributed by atoms with Crippen LogP contribution in [0.1, 0.15) is 22.3 Å². The second-order valence-electron chi connectivity index (χ2n) is 8.25. The summed E-state index contributed by atoms with van der Waals surface area (Å²) < 4.78 is 82.9. The molecule has 1 spiro atoms. The van der Waals surface area contributed by atoms with E-state index in [0.29, 0.717) is 18.7 Å². The van der Waals surface area contributed by atoms with Crippen molar-refractivity contribution in [2.24, 2.45) is 0 Å². The minimum absolute atomic E-state index is 0.0163. The van der Waals surface area contributed by atoms with Crippen molar-refractivity contribution < 1.29 is 60.1 Å². The Morgan fingerprint density at radius 1 is 1.08 bits per heavy atom. The molecule has 2 fully saturated rings. The van der Waals surface area contributed by atoms with Gasteiger partial charge in [0, 0.05) is 43.9 Å². The van der Waals surface area contributed by atoms with E-state index in [4.69, 9.17) is 24.5 Å². The molecule has 214 valence electrons. The number of hydrogen-bond acceptors (Lipinski definition) is 7. The molecule has 0 bridgehead atoms. The predicted molar refractivity (Wildman–Crippen MR) is 121 cm³/mol. The number of halogens is 7. The second-order valence-corrected chi connectivity index (χ2v) is 9.73. The van der Waals surface area contributed by atoms with Crippen LogP contribution in [-0.2, 0) is 9.59 Å². The van der Waals surface area contributed by atoms with Crippen molar-refractivity contribution in [3.63, 3.8) is 0 Å². The number of carboxylic acid groups (broad SMARTS) is 2. The number of alkyl halides is 6. The Balaban J connectivity index is 0.000000317. The molecule has 17 heteroatoms. The third kappa shape index (κ3) is 9.26. The van der Waals surface area contributed by atoms with Crippen LogP contribution in [0, 0.1) is 12.7 Å². The van der Waals surface area contributed by atoms with Crippen LogP contribution >= 0.6 is 11.8 Å². The largest absolute Gasteiger partial charge is 0.490 e. The highest BCUT2D eigenvalue weighted by atomic mass is 32.2. The molecule has 0 aromatic carbocycles. The number of hydrogen-bond donors (Lipinski definition) is 2. The van der Waals surface area contributed by atoms with E-state index in [2.05, 4.69) is 9.97 Å². The molecule has 0 radical (unpaired) electrons. The number of amides is 1. The summed E-state index contributed by atoms with van der Waals surface area (Å²) in [6.45, 7) is 3.30. The number of carbonyl (C=O) groups is 3. The quantitative estimate of drug-likeness (QED) is 0.513. The monoisotopic (exact) mass is 587 g/mol. The summed E-state index contributed by atoms with van der Waals surface area (Å²) in [6, 6.07) is 4.75. The fourth-order valence-electron chi connectivity index (χ4n) is 3.36. The van der Waals surface area contributed by atoms with Gasteiger partial charge in [-0.15, -0.1) is 11.8 Å². The fourth-order valence-corrected chi connectivity index (χ4v) is 4.89. The molecule has 1 unspecified atom stereocenters. The summed E-state index contributed by atoms with van der Waals surface area (Å²) in [5.74, 6) is -5.10. The standard InChI is InChI=1S/C18H18FN3O2S.2C2HF3O2/c1-12-5-13(8-20-7-12)17(23)22-10-18(11-22)6-14(9-25-18)24-16-15(19)3-2-4-21-16;2*3-2(4,5)1(6)7/h2-5,7-8,14H,6,9-11H2,1H3;2*(H,6,7). The van der Waals surface area contributed by atoms with Crippen molar-refractivity contribution in [2.45, 2.75) is 36.5 Å². The third-order valence-corrected chi connectivity index (χ3v) is 6.61. The maximum Gasteiger partial charge on any atom is 0.490 e. The molecule has 4 heterocycles. The summed E-state index contributed by atoms with van der Waals surface area (Å²) in [5, 5.41) is 14.2. The van der Waals surface area contributed by atoms with Gasteiger partial charge in [-0.2, -0.15) is 26.3 Å². The molecule has 1 atom stereocenters. The maximum absolute atomic E-state index is 13.7. The minimum atomic E-state index is -5.08. The van der Waals surface area contributed by atoms with Crippen LogP contribution in [0.2, 0.25) is 0 Å². The average Bonchev–Trinajstić information content (AvgIpc) is 3.23. The van der Waals surface area contributed by atoms with E-state index < -0.39 is 30.1 Å². The van der Waals surface area contributed by atoms with Crippen LogP contribution in [0.5, 0.6) is 5.88 Å². The average molecular weight is 587 g/mol. The fraction of sp³-hybridized carbons (Fsp3) is 0.409. The number of ether oxygens (including phenoxy) is 1. The smallest absolute Gasteiger partial charge is 0.475 e. The molecule has 39 heavy (non-hydrogen) atoms. The number of aromatic nitrogens is 2. The number of thioether (sulfide) groups is 1. The molecule has 2 aromatic heterocycles. The zero-order valence-electron chi connectivity index (χ0n) is 19.8. The van der Waals surface area contributed by atoms with Gasteiger partial charge in [-0.1, -0.05) is 0 Å². The molecule has 9 nitrogen and oxygen atoms in total. The molecule has 4 rings (SSSR count). The van der Waals surface area contributed by atoms with Crippen molar-refractivity contribution >= 4 is 29.6 Å². The number of rotatable bonds is 3. The van der Waals surface area contributed by atoms with Crippen LogP contribution < -0.4 is 4.74 Å². The number of likely N-dealkylation sites (tertiary alicyclic amines) is 1. The topological polar surface area (TPSA) is 130 Å². The molecule has 1 amide bonds. The van der Waals surface area contributed by atoms with Gasteiger partial charge < -0.3 is 19.8 Å². The number of aryl methyl sites for hydroxylation is 1. The lowest BCUT2D eigenvalue weighted by Crippen LogP contribution is -2.60. The maximum atomic E-state index is 13.7. The number of pyridine rings is 2. The Morgan fingerprint density at radius 2 is 1.64 bits per heavy atom. The molecular formula is C22H20F7N3O6S. The Kier molecular flexibility index (Phi) is 10.1. The van der Waals surface area contributed by atoms with Crippen LogP contribution in [-0.4, -0.2) is 85.0 Å². The highest BCUT2D eigenvalue weighted by molar-refractivity contribution is 8.01. The summed E-state index contributed by atoms with van der Waals surface area (Å²) in [7, 11) is 0. The van der Waals surface area contributed by atoms with Gasteiger partial charge in [0.25, 0.3) is 11.8 Å². The molecule has 0 saturated carbocycles. The molecular weight excluding hydrogens is 567 g/mol. The van der Waals surface area contributed by atoms with Gasteiger partial charge in [0.1, 0.15) is 6.10 Å². The zero-order chi connectivity index (χ0) is 29.6. The normalized spacial score (nSPS) is 17.6. The van der Waals surface area contributed by atoms with E-state index in [-0.39, 0.29) is 22.6 Å². The predicted octanol–water partition coefficient (Wildman–Crippen LogP) is 3.97. The van der Waals surface area contributed by atoms with E-state index >= 15 is 0 Å². The minimum Gasteiger partial charge on any atom is -0.475 e. The molecule has 0 aliphatic carbocycles. The first kappa shape index (κ1) is 31.6. The molecule has 2 N–H and O–H groups in total. The van der Waals surface area contributed by atoms with Crippen LogP contribution in [0.15, 0.2) is 36.8 Å². The number of carboxylic acids is 2. The third-order valence-electron chi connectivity index (χ3n) is 5.03. The first-order valence-electron chi connectivity index (χ1n) is 10.7. The summed E-state index contributed by atoms with van der Waals surface area (Å²) in [5.41, 5.74) is 1.60. The number of aliphatic carboxylic acids is 2. The van der Waals surface area contributed by atoms with Crippen molar-refractivity contribution in [2.75, 3.05) is 18.8 Å². The van der Waals surface area contributed by atoms with E-state index in [9.17, 15) is 35.5 Å². The summed E-state index contributed by atoms with van der Waals surface area (Å²) in [6.07, 6.45) is -4.58. The summed E-state index contributed by atoms with van der Waals surface area (Å²) >= 11 is 1.80. The Bertz CT molecular complexity index is 1170. The van der Waals surface area contributed by atoms with Gasteiger partial charge in [-0.25, -0.2) is 19.0 Å². The lowest BCUT2D eigenvalue weighted by Gasteiger charge is -2.47. The SMILES string of the molecule is Cc1cncc(C(=O)N2CC3(CC(Oc4ncccc4F)CS3)C2)c1.O=C(O)C(F)(F)F.O=C(O)C(F)(F)F. The zero-order valence-corrected chi connectivity index (χ0v) is 20.6. The van der Waals surface area contributed by atoms with Crippen LogP contribution in [0.4, 0.5) is 30.7 Å². The Hall–Kier alpha value is -3.63. The van der Waals surface area contributed by atoms with Gasteiger partial charge in [-0.05, 0) is 30.7 Å². The van der Waals surface area contributed by atoms with Gasteiger partial charge in [-0.3, -0.25) is 9.78 Å². The first-order valence-corrected chi connectivity index (χ1v) is 11.6. The second kappa shape index (κ2) is 12.5. The lowest BCUT2D eigenvalue weighted by molar-refractivity contribution is -0.193. The van der Waals surface area contributed by atoms with E-state index in [1.807, 2.05) is 17.9 Å². The molecule has 2 saturated heterocycles. The Labute approximate surface area is 220 Å². The first-order chi connectivity index (χ1) is 17.9.